The first-order valence-corrected chi connectivity index (χ1v) is 8.89. The number of hydrogen-bond acceptors (Lipinski definition) is 4. The molecule has 2 atom stereocenters. The second-order valence-electron chi connectivity index (χ2n) is 6.95. The Balaban J connectivity index is 1.60. The Morgan fingerprint density at radius 1 is 1.21 bits per heavy atom. The molecule has 1 aromatic rings. The average molecular weight is 330 g/mol. The normalized spacial score (nSPS) is 23.5. The molecule has 1 heterocycles. The summed E-state index contributed by atoms with van der Waals surface area (Å²) in [6.07, 6.45) is 7.01. The van der Waals surface area contributed by atoms with E-state index in [-0.39, 0.29) is 12.5 Å². The van der Waals surface area contributed by atoms with Gasteiger partial charge in [0.25, 0.3) is 5.91 Å². The molecule has 1 aliphatic heterocycles. The highest BCUT2D eigenvalue weighted by Gasteiger charge is 2.35. The summed E-state index contributed by atoms with van der Waals surface area (Å²) in [5, 5.41) is 0. The SMILES string of the molecule is Cc1cccc(C(=O)OCC(=O)N2CCC[C@@H]3CCCC[C@H]32)c1N. The van der Waals surface area contributed by atoms with Crippen molar-refractivity contribution in [2.45, 2.75) is 51.5 Å². The van der Waals surface area contributed by atoms with Crippen molar-refractivity contribution in [2.24, 2.45) is 5.92 Å². The zero-order valence-electron chi connectivity index (χ0n) is 14.3. The van der Waals surface area contributed by atoms with E-state index < -0.39 is 5.97 Å². The number of piperidine rings is 1. The Bertz CT molecular complexity index is 627. The van der Waals surface area contributed by atoms with Gasteiger partial charge in [-0.25, -0.2) is 4.79 Å². The predicted molar refractivity (Wildman–Crippen MR) is 92.6 cm³/mol. The minimum absolute atomic E-state index is 0.0776. The van der Waals surface area contributed by atoms with Crippen LogP contribution in [0.2, 0.25) is 0 Å². The van der Waals surface area contributed by atoms with Crippen LogP contribution < -0.4 is 5.73 Å². The lowest BCUT2D eigenvalue weighted by atomic mass is 9.78. The number of carbonyl (C=O) groups excluding carboxylic acids is 2. The molecule has 1 saturated heterocycles. The molecule has 2 fully saturated rings. The van der Waals surface area contributed by atoms with Crippen LogP contribution in [-0.2, 0) is 9.53 Å². The van der Waals surface area contributed by atoms with Crippen LogP contribution in [0, 0.1) is 12.8 Å². The van der Waals surface area contributed by atoms with Crippen molar-refractivity contribution >= 4 is 17.6 Å². The molecular weight excluding hydrogens is 304 g/mol. The molecule has 5 heteroatoms. The Labute approximate surface area is 143 Å². The Hall–Kier alpha value is -2.04. The molecule has 1 saturated carbocycles. The van der Waals surface area contributed by atoms with Gasteiger partial charge >= 0.3 is 5.97 Å². The highest BCUT2D eigenvalue weighted by atomic mass is 16.5. The number of anilines is 1. The molecular formula is C19H26N2O3. The number of likely N-dealkylation sites (tertiary alicyclic amines) is 1. The summed E-state index contributed by atoms with van der Waals surface area (Å²) in [5.41, 5.74) is 7.50. The van der Waals surface area contributed by atoms with E-state index >= 15 is 0 Å². The third-order valence-electron chi connectivity index (χ3n) is 5.43. The minimum atomic E-state index is -0.526. The van der Waals surface area contributed by atoms with E-state index in [1.54, 1.807) is 12.1 Å². The number of nitrogens with zero attached hydrogens (tertiary/aromatic N) is 1. The van der Waals surface area contributed by atoms with Gasteiger partial charge in [-0.2, -0.15) is 0 Å². The number of hydrogen-bond donors (Lipinski definition) is 1. The zero-order chi connectivity index (χ0) is 17.1. The molecule has 130 valence electrons. The molecule has 1 aromatic carbocycles. The van der Waals surface area contributed by atoms with Crippen molar-refractivity contribution < 1.29 is 14.3 Å². The molecule has 24 heavy (non-hydrogen) atoms. The smallest absolute Gasteiger partial charge is 0.340 e. The first-order valence-electron chi connectivity index (χ1n) is 8.89. The van der Waals surface area contributed by atoms with Crippen molar-refractivity contribution in [1.29, 1.82) is 0 Å². The summed E-state index contributed by atoms with van der Waals surface area (Å²) in [5.74, 6) is 0.0208. The van der Waals surface area contributed by atoms with E-state index in [2.05, 4.69) is 0 Å². The molecule has 1 aliphatic carbocycles. The molecule has 1 amide bonds. The van der Waals surface area contributed by atoms with Gasteiger partial charge in [-0.3, -0.25) is 4.79 Å². The zero-order valence-corrected chi connectivity index (χ0v) is 14.3. The second-order valence-corrected chi connectivity index (χ2v) is 6.95. The van der Waals surface area contributed by atoms with Crippen molar-refractivity contribution in [3.8, 4) is 0 Å². The second kappa shape index (κ2) is 7.24. The standard InChI is InChI=1S/C19H26N2O3/c1-13-6-4-9-15(18(13)20)19(23)24-12-17(22)21-11-5-8-14-7-2-3-10-16(14)21/h4,6,9,14,16H,2-3,5,7-8,10-12,20H2,1H3/t14-,16+/m0/s1. The number of benzene rings is 1. The summed E-state index contributed by atoms with van der Waals surface area (Å²) in [4.78, 5) is 26.7. The number of amides is 1. The third-order valence-corrected chi connectivity index (χ3v) is 5.43. The Morgan fingerprint density at radius 2 is 1.96 bits per heavy atom. The number of ether oxygens (including phenoxy) is 1. The third kappa shape index (κ3) is 3.40. The average Bonchev–Trinajstić information content (AvgIpc) is 2.61. The quantitative estimate of drug-likeness (QED) is 0.683. The summed E-state index contributed by atoms with van der Waals surface area (Å²) in [6, 6.07) is 5.57. The molecule has 0 unspecified atom stereocenters. The fourth-order valence-corrected chi connectivity index (χ4v) is 4.08. The van der Waals surface area contributed by atoms with E-state index in [0.717, 1.165) is 24.9 Å². The van der Waals surface area contributed by atoms with Gasteiger partial charge in [0, 0.05) is 18.3 Å². The number of nitrogens with two attached hydrogens (primary N) is 1. The summed E-state index contributed by atoms with van der Waals surface area (Å²) in [7, 11) is 0. The van der Waals surface area contributed by atoms with Crippen LogP contribution in [0.1, 0.15) is 54.4 Å². The van der Waals surface area contributed by atoms with Gasteiger partial charge in [0.05, 0.1) is 5.56 Å². The maximum atomic E-state index is 12.6. The van der Waals surface area contributed by atoms with Crippen molar-refractivity contribution in [2.75, 3.05) is 18.9 Å². The lowest BCUT2D eigenvalue weighted by molar-refractivity contribution is -0.140. The van der Waals surface area contributed by atoms with Gasteiger partial charge < -0.3 is 15.4 Å². The number of rotatable bonds is 3. The summed E-state index contributed by atoms with van der Waals surface area (Å²) >= 11 is 0. The molecule has 0 aromatic heterocycles. The Morgan fingerprint density at radius 3 is 2.79 bits per heavy atom. The first kappa shape index (κ1) is 16.8. The van der Waals surface area contributed by atoms with Gasteiger partial charge in [0.2, 0.25) is 0 Å². The minimum Gasteiger partial charge on any atom is -0.452 e. The molecule has 0 bridgehead atoms. The number of esters is 1. The van der Waals surface area contributed by atoms with E-state index in [9.17, 15) is 9.59 Å². The van der Waals surface area contributed by atoms with Crippen LogP contribution in [0.15, 0.2) is 18.2 Å². The van der Waals surface area contributed by atoms with Crippen molar-refractivity contribution in [1.82, 2.24) is 4.90 Å². The molecule has 5 nitrogen and oxygen atoms in total. The summed E-state index contributed by atoms with van der Waals surface area (Å²) in [6.45, 7) is 2.42. The van der Waals surface area contributed by atoms with Crippen LogP contribution >= 0.6 is 0 Å². The largest absolute Gasteiger partial charge is 0.452 e. The van der Waals surface area contributed by atoms with Crippen LogP contribution in [-0.4, -0.2) is 36.0 Å². The van der Waals surface area contributed by atoms with Crippen molar-refractivity contribution in [3.63, 3.8) is 0 Å². The van der Waals surface area contributed by atoms with Gasteiger partial charge in [0.1, 0.15) is 0 Å². The highest BCUT2D eigenvalue weighted by molar-refractivity contribution is 5.96. The topological polar surface area (TPSA) is 72.6 Å². The maximum absolute atomic E-state index is 12.6. The lowest BCUT2D eigenvalue weighted by Gasteiger charge is -2.44. The number of para-hydroxylation sites is 1. The van der Waals surface area contributed by atoms with Crippen LogP contribution in [0.3, 0.4) is 0 Å². The Kier molecular flexibility index (Phi) is 5.07. The van der Waals surface area contributed by atoms with Gasteiger partial charge in [-0.1, -0.05) is 25.0 Å². The maximum Gasteiger partial charge on any atom is 0.340 e. The predicted octanol–water partition coefficient (Wildman–Crippen LogP) is 2.92. The number of carbonyl (C=O) groups is 2. The van der Waals surface area contributed by atoms with Gasteiger partial charge in [-0.05, 0) is 50.2 Å². The lowest BCUT2D eigenvalue weighted by Crippen LogP contribution is -2.50. The van der Waals surface area contributed by atoms with Gasteiger partial charge in [-0.15, -0.1) is 0 Å². The van der Waals surface area contributed by atoms with Crippen molar-refractivity contribution in [3.05, 3.63) is 29.3 Å². The monoisotopic (exact) mass is 330 g/mol. The first-order chi connectivity index (χ1) is 11.6. The molecule has 3 rings (SSSR count). The number of fused-ring (bicyclic) bond motifs is 1. The van der Waals surface area contributed by atoms with E-state index in [1.807, 2.05) is 17.9 Å². The van der Waals surface area contributed by atoms with Crippen LogP contribution in [0.5, 0.6) is 0 Å². The van der Waals surface area contributed by atoms with Gasteiger partial charge in [0.15, 0.2) is 6.61 Å². The molecule has 0 spiro atoms. The van der Waals surface area contributed by atoms with E-state index in [0.29, 0.717) is 23.2 Å². The highest BCUT2D eigenvalue weighted by Crippen LogP contribution is 2.35. The molecule has 2 aliphatic rings. The summed E-state index contributed by atoms with van der Waals surface area (Å²) < 4.78 is 5.25. The number of aryl methyl sites for hydroxylation is 1. The van der Waals surface area contributed by atoms with Crippen LogP contribution in [0.25, 0.3) is 0 Å². The fourth-order valence-electron chi connectivity index (χ4n) is 4.08. The van der Waals surface area contributed by atoms with E-state index in [1.165, 1.54) is 25.7 Å². The fraction of sp³-hybridized carbons (Fsp3) is 0.579. The van der Waals surface area contributed by atoms with E-state index in [4.69, 9.17) is 10.5 Å². The molecule has 0 radical (unpaired) electrons. The molecule has 2 N–H and O–H groups in total. The number of nitrogen functional groups attached to an aromatic ring is 1. The van der Waals surface area contributed by atoms with Crippen LogP contribution in [0.4, 0.5) is 5.69 Å².